The summed E-state index contributed by atoms with van der Waals surface area (Å²) in [5.74, 6) is -0.191. The Morgan fingerprint density at radius 2 is 1.57 bits per heavy atom. The molecule has 0 radical (unpaired) electrons. The van der Waals surface area contributed by atoms with Crippen molar-refractivity contribution < 1.29 is 8.78 Å². The maximum absolute atomic E-state index is 14.2. The summed E-state index contributed by atoms with van der Waals surface area (Å²) in [6, 6.07) is 15.8. The number of terminal acetylenes is 1. The van der Waals surface area contributed by atoms with Gasteiger partial charge in [-0.25, -0.2) is 14.4 Å². The number of aryl methyl sites for hydroxylation is 2. The first-order chi connectivity index (χ1) is 19.4. The molecule has 0 bridgehead atoms. The molecule has 0 fully saturated rings. The van der Waals surface area contributed by atoms with Crippen molar-refractivity contribution in [3.8, 4) is 24.0 Å². The molecule has 4 aromatic rings. The van der Waals surface area contributed by atoms with Crippen LogP contribution in [0.4, 0.5) is 8.78 Å². The van der Waals surface area contributed by atoms with Crippen molar-refractivity contribution >= 4 is 21.8 Å². The van der Waals surface area contributed by atoms with Crippen LogP contribution in [0.5, 0.6) is 0 Å². The Morgan fingerprint density at radius 3 is 2.23 bits per heavy atom. The first-order valence-corrected chi connectivity index (χ1v) is 13.9. The van der Waals surface area contributed by atoms with Crippen molar-refractivity contribution in [3.05, 3.63) is 83.7 Å². The largest absolute Gasteiger partial charge is 0.354 e. The predicted octanol–water partition coefficient (Wildman–Crippen LogP) is 9.28. The number of hydrogen-bond acceptors (Lipinski definition) is 2. The van der Waals surface area contributed by atoms with E-state index >= 15 is 0 Å². The summed E-state index contributed by atoms with van der Waals surface area (Å²) in [6.45, 7) is 14.1. The molecule has 1 aromatic heterocycles. The number of unbranched alkanes of at least 4 members (excludes halogenated alkanes) is 1. The lowest BCUT2D eigenvalue weighted by Crippen LogP contribution is -2.38. The van der Waals surface area contributed by atoms with E-state index in [4.69, 9.17) is 0 Å². The second kappa shape index (κ2) is 18.0. The highest BCUT2D eigenvalue weighted by molar-refractivity contribution is 6.10. The molecular formula is C35H47F2N3. The molecule has 0 unspecified atom stereocenters. The lowest BCUT2D eigenvalue weighted by Gasteiger charge is -2.28. The van der Waals surface area contributed by atoms with Gasteiger partial charge in [0.15, 0.2) is 0 Å². The van der Waals surface area contributed by atoms with Crippen LogP contribution in [0.2, 0.25) is 0 Å². The monoisotopic (exact) mass is 547 g/mol. The predicted molar refractivity (Wildman–Crippen MR) is 172 cm³/mol. The Kier molecular flexibility index (Phi) is 15.6. The van der Waals surface area contributed by atoms with Gasteiger partial charge in [-0.1, -0.05) is 44.2 Å². The number of para-hydroxylation sites is 1. The molecule has 3 nitrogen and oxygen atoms in total. The van der Waals surface area contributed by atoms with Crippen LogP contribution in [0.25, 0.3) is 32.9 Å². The summed E-state index contributed by atoms with van der Waals surface area (Å²) in [5.41, 5.74) is 8.15. The Balaban J connectivity index is 0.00000125. The van der Waals surface area contributed by atoms with Crippen LogP contribution in [0.15, 0.2) is 61.2 Å². The molecule has 3 aromatic carbocycles. The van der Waals surface area contributed by atoms with E-state index in [9.17, 15) is 8.78 Å². The fourth-order valence-corrected chi connectivity index (χ4v) is 4.98. The molecule has 0 aliphatic heterocycles. The SMILES string of the molecule is C#C.C=CCCN(CCCCc1c(C)c(-c2cc(F)ccc2C)cc2c1[nH]c1ccccc12)N(C)C.CC.CF. The quantitative estimate of drug-likeness (QED) is 0.0925. The molecule has 0 spiro atoms. The van der Waals surface area contributed by atoms with Gasteiger partial charge in [-0.15, -0.1) is 19.4 Å². The second-order valence-corrected chi connectivity index (χ2v) is 9.42. The number of H-pyrrole nitrogens is 1. The molecule has 0 saturated heterocycles. The molecule has 0 aliphatic rings. The first-order valence-electron chi connectivity index (χ1n) is 13.9. The highest BCUT2D eigenvalue weighted by Crippen LogP contribution is 2.38. The standard InChI is InChI=1S/C30H36FN3.C2H6.C2H2.CH3F/c1-6-7-17-34(33(4)5)18-11-10-12-24-22(3)27(26-19-23(31)16-15-21(26)2)20-28-25-13-8-9-14-29(25)32-30(24)28;3*1-2/h6,8-9,13-16,19-20,32H,1,7,10-12,17-18H2,2-5H3;1-2H3;1-2H;1H3. The van der Waals surface area contributed by atoms with E-state index in [0.29, 0.717) is 7.18 Å². The van der Waals surface area contributed by atoms with E-state index in [-0.39, 0.29) is 5.82 Å². The molecule has 40 heavy (non-hydrogen) atoms. The van der Waals surface area contributed by atoms with Gasteiger partial charge in [-0.3, -0.25) is 4.39 Å². The number of nitrogens with zero attached hydrogens (tertiary/aromatic N) is 2. The van der Waals surface area contributed by atoms with Crippen LogP contribution >= 0.6 is 0 Å². The van der Waals surface area contributed by atoms with Gasteiger partial charge < -0.3 is 4.98 Å². The van der Waals surface area contributed by atoms with Gasteiger partial charge in [0.25, 0.3) is 0 Å². The van der Waals surface area contributed by atoms with Gasteiger partial charge in [0.05, 0.1) is 12.7 Å². The van der Waals surface area contributed by atoms with Crippen LogP contribution in [-0.2, 0) is 6.42 Å². The number of aromatic amines is 1. The molecule has 4 rings (SSSR count). The van der Waals surface area contributed by atoms with Gasteiger partial charge >= 0.3 is 0 Å². The molecule has 0 amide bonds. The number of fused-ring (bicyclic) bond motifs is 3. The molecule has 0 atom stereocenters. The summed E-state index contributed by atoms with van der Waals surface area (Å²) < 4.78 is 23.7. The molecule has 5 heteroatoms. The van der Waals surface area contributed by atoms with Crippen LogP contribution in [0.1, 0.15) is 49.8 Å². The van der Waals surface area contributed by atoms with Crippen molar-refractivity contribution in [2.24, 2.45) is 0 Å². The van der Waals surface area contributed by atoms with E-state index < -0.39 is 0 Å². The van der Waals surface area contributed by atoms with Crippen LogP contribution in [0.3, 0.4) is 0 Å². The Labute approximate surface area is 240 Å². The normalized spacial score (nSPS) is 10.4. The Morgan fingerprint density at radius 1 is 0.900 bits per heavy atom. The fourth-order valence-electron chi connectivity index (χ4n) is 4.98. The molecule has 1 heterocycles. The number of benzene rings is 3. The second-order valence-electron chi connectivity index (χ2n) is 9.42. The van der Waals surface area contributed by atoms with E-state index in [1.165, 1.54) is 27.4 Å². The van der Waals surface area contributed by atoms with Crippen molar-refractivity contribution in [2.75, 3.05) is 34.4 Å². The lowest BCUT2D eigenvalue weighted by molar-refractivity contribution is 0.0254. The zero-order chi connectivity index (χ0) is 30.2. The van der Waals surface area contributed by atoms with Crippen molar-refractivity contribution in [1.82, 2.24) is 15.0 Å². The van der Waals surface area contributed by atoms with Gasteiger partial charge in [0.2, 0.25) is 0 Å². The number of rotatable bonds is 10. The summed E-state index contributed by atoms with van der Waals surface area (Å²) in [7, 11) is 4.71. The van der Waals surface area contributed by atoms with Gasteiger partial charge in [0, 0.05) is 43.5 Å². The highest BCUT2D eigenvalue weighted by atomic mass is 19.1. The fraction of sp³-hybridized carbons (Fsp3) is 0.371. The van der Waals surface area contributed by atoms with Crippen LogP contribution in [-0.4, -0.2) is 49.4 Å². The minimum absolute atomic E-state index is 0.191. The number of hydrogen-bond donors (Lipinski definition) is 1. The van der Waals surface area contributed by atoms with Crippen molar-refractivity contribution in [2.45, 2.75) is 53.4 Å². The topological polar surface area (TPSA) is 22.3 Å². The Bertz CT molecular complexity index is 1350. The third kappa shape index (κ3) is 8.52. The van der Waals surface area contributed by atoms with Crippen molar-refractivity contribution in [1.29, 1.82) is 0 Å². The minimum atomic E-state index is -0.191. The van der Waals surface area contributed by atoms with Gasteiger partial charge in [-0.2, -0.15) is 0 Å². The zero-order valence-corrected chi connectivity index (χ0v) is 25.5. The molecule has 1 N–H and O–H groups in total. The number of halogens is 2. The Hall–Kier alpha value is -3.46. The first kappa shape index (κ1) is 34.6. The van der Waals surface area contributed by atoms with E-state index in [1.54, 1.807) is 12.1 Å². The summed E-state index contributed by atoms with van der Waals surface area (Å²) in [5, 5.41) is 6.99. The maximum Gasteiger partial charge on any atom is 0.123 e. The molecular weight excluding hydrogens is 500 g/mol. The third-order valence-electron chi connectivity index (χ3n) is 6.93. The number of nitrogens with one attached hydrogen (secondary N) is 1. The minimum Gasteiger partial charge on any atom is -0.354 e. The lowest BCUT2D eigenvalue weighted by atomic mass is 9.89. The number of aromatic nitrogens is 1. The average Bonchev–Trinajstić information content (AvgIpc) is 3.36. The zero-order valence-electron chi connectivity index (χ0n) is 25.5. The summed E-state index contributed by atoms with van der Waals surface area (Å²) in [4.78, 5) is 3.68. The molecule has 0 aliphatic carbocycles. The maximum atomic E-state index is 14.2. The van der Waals surface area contributed by atoms with E-state index in [0.717, 1.165) is 61.0 Å². The average molecular weight is 548 g/mol. The summed E-state index contributed by atoms with van der Waals surface area (Å²) >= 11 is 0. The smallest absolute Gasteiger partial charge is 0.123 e. The molecule has 216 valence electrons. The van der Waals surface area contributed by atoms with Crippen LogP contribution < -0.4 is 0 Å². The molecule has 0 saturated carbocycles. The van der Waals surface area contributed by atoms with Gasteiger partial charge in [-0.05, 0) is 91.6 Å². The van der Waals surface area contributed by atoms with Gasteiger partial charge in [0.1, 0.15) is 5.82 Å². The number of hydrazine groups is 1. The van der Waals surface area contributed by atoms with E-state index in [2.05, 4.69) is 92.7 Å². The third-order valence-corrected chi connectivity index (χ3v) is 6.93. The highest BCUT2D eigenvalue weighted by Gasteiger charge is 2.17. The van der Waals surface area contributed by atoms with Crippen LogP contribution in [0, 0.1) is 32.5 Å². The van der Waals surface area contributed by atoms with E-state index in [1.807, 2.05) is 26.0 Å². The van der Waals surface area contributed by atoms with Crippen molar-refractivity contribution in [3.63, 3.8) is 0 Å². The summed E-state index contributed by atoms with van der Waals surface area (Å²) in [6.07, 6.45) is 14.2. The number of alkyl halides is 1.